The summed E-state index contributed by atoms with van der Waals surface area (Å²) < 4.78 is 7.07. The number of nitro benzene ring substituents is 1. The third-order valence-corrected chi connectivity index (χ3v) is 3.95. The van der Waals surface area contributed by atoms with Gasteiger partial charge in [-0.2, -0.15) is 0 Å². The number of ketones is 1. The molecule has 1 aromatic heterocycles. The zero-order valence-electron chi connectivity index (χ0n) is 14.4. The molecule has 0 spiro atoms. The first-order valence-corrected chi connectivity index (χ1v) is 7.96. The molecule has 0 bridgehead atoms. The van der Waals surface area contributed by atoms with E-state index in [-0.39, 0.29) is 17.0 Å². The Morgan fingerprint density at radius 3 is 2.60 bits per heavy atom. The molecule has 132 valence electrons. The van der Waals surface area contributed by atoms with Crippen molar-refractivity contribution < 1.29 is 19.2 Å². The highest BCUT2D eigenvalue weighted by molar-refractivity contribution is 6.00. The van der Waals surface area contributed by atoms with Gasteiger partial charge < -0.3 is 9.30 Å². The fourth-order valence-corrected chi connectivity index (χ4v) is 2.69. The summed E-state index contributed by atoms with van der Waals surface area (Å²) in [7, 11) is 0. The van der Waals surface area contributed by atoms with Crippen molar-refractivity contribution in [3.05, 3.63) is 63.0 Å². The van der Waals surface area contributed by atoms with E-state index in [0.29, 0.717) is 5.56 Å². The smallest absolute Gasteiger partial charge is 0.338 e. The molecule has 7 nitrogen and oxygen atoms in total. The minimum absolute atomic E-state index is 0.0402. The van der Waals surface area contributed by atoms with Crippen molar-refractivity contribution in [2.45, 2.75) is 33.7 Å². The molecule has 0 aliphatic rings. The van der Waals surface area contributed by atoms with Crippen LogP contribution in [-0.4, -0.2) is 27.8 Å². The molecule has 0 radical (unpaired) electrons. The summed E-state index contributed by atoms with van der Waals surface area (Å²) in [5.41, 5.74) is 2.18. The number of carbonyl (C=O) groups excluding carboxylic acids is 2. The van der Waals surface area contributed by atoms with Crippen LogP contribution in [0.1, 0.15) is 45.4 Å². The molecular formula is C18H20N2O5. The summed E-state index contributed by atoms with van der Waals surface area (Å²) in [4.78, 5) is 34.5. The number of carbonyl (C=O) groups is 2. The molecule has 1 heterocycles. The minimum Gasteiger partial charge on any atom is -0.454 e. The van der Waals surface area contributed by atoms with E-state index < -0.39 is 17.5 Å². The minimum atomic E-state index is -0.764. The molecule has 1 aromatic carbocycles. The van der Waals surface area contributed by atoms with Gasteiger partial charge in [-0.25, -0.2) is 4.79 Å². The monoisotopic (exact) mass is 344 g/mol. The van der Waals surface area contributed by atoms with Crippen molar-refractivity contribution in [2.75, 3.05) is 6.61 Å². The Labute approximate surface area is 145 Å². The first-order valence-electron chi connectivity index (χ1n) is 7.96. The van der Waals surface area contributed by atoms with Crippen molar-refractivity contribution in [3.8, 4) is 0 Å². The number of hydrogen-bond donors (Lipinski definition) is 0. The molecule has 25 heavy (non-hydrogen) atoms. The summed E-state index contributed by atoms with van der Waals surface area (Å²) in [5, 5.41) is 10.7. The Bertz CT molecular complexity index is 823. The van der Waals surface area contributed by atoms with E-state index in [1.54, 1.807) is 6.07 Å². The van der Waals surface area contributed by atoms with Crippen LogP contribution in [0.4, 0.5) is 5.69 Å². The second-order valence-electron chi connectivity index (χ2n) is 5.74. The molecule has 7 heteroatoms. The molecule has 2 aromatic rings. The molecule has 0 aliphatic carbocycles. The van der Waals surface area contributed by atoms with E-state index in [9.17, 15) is 19.7 Å². The van der Waals surface area contributed by atoms with Gasteiger partial charge in [-0.3, -0.25) is 14.9 Å². The number of ether oxygens (including phenoxy) is 1. The lowest BCUT2D eigenvalue weighted by molar-refractivity contribution is -0.384. The highest BCUT2D eigenvalue weighted by Gasteiger charge is 2.18. The van der Waals surface area contributed by atoms with Gasteiger partial charge in [-0.15, -0.1) is 0 Å². The second-order valence-corrected chi connectivity index (χ2v) is 5.74. The normalized spacial score (nSPS) is 10.5. The van der Waals surface area contributed by atoms with E-state index in [0.717, 1.165) is 30.4 Å². The Morgan fingerprint density at radius 2 is 1.96 bits per heavy atom. The number of non-ortho nitro benzene ring substituents is 1. The maximum absolute atomic E-state index is 12.3. The number of esters is 1. The Kier molecular flexibility index (Phi) is 5.69. The number of aryl methyl sites for hydroxylation is 1. The Balaban J connectivity index is 2.07. The van der Waals surface area contributed by atoms with Crippen LogP contribution in [-0.2, 0) is 11.3 Å². The summed E-state index contributed by atoms with van der Waals surface area (Å²) in [6, 6.07) is 7.00. The Hall–Kier alpha value is -2.96. The summed E-state index contributed by atoms with van der Waals surface area (Å²) in [6.07, 6.45) is 0.950. The number of rotatable bonds is 7. The van der Waals surface area contributed by atoms with Crippen LogP contribution in [0.3, 0.4) is 0 Å². The third kappa shape index (κ3) is 4.12. The summed E-state index contributed by atoms with van der Waals surface area (Å²) in [6.45, 7) is 6.25. The number of nitro groups is 1. The van der Waals surface area contributed by atoms with Crippen molar-refractivity contribution in [2.24, 2.45) is 0 Å². The third-order valence-electron chi connectivity index (χ3n) is 3.95. The lowest BCUT2D eigenvalue weighted by Gasteiger charge is -2.08. The number of nitrogens with zero attached hydrogens (tertiary/aromatic N) is 2. The van der Waals surface area contributed by atoms with Crippen LogP contribution < -0.4 is 0 Å². The van der Waals surface area contributed by atoms with Crippen LogP contribution in [0.2, 0.25) is 0 Å². The molecule has 0 saturated heterocycles. The first kappa shape index (κ1) is 18.4. The first-order chi connectivity index (χ1) is 11.8. The fourth-order valence-electron chi connectivity index (χ4n) is 2.69. The van der Waals surface area contributed by atoms with Gasteiger partial charge in [0.2, 0.25) is 5.78 Å². The molecule has 0 atom stereocenters. The highest BCUT2D eigenvalue weighted by Crippen LogP contribution is 2.17. The van der Waals surface area contributed by atoms with Gasteiger partial charge in [0.05, 0.1) is 10.5 Å². The molecule has 0 N–H and O–H groups in total. The van der Waals surface area contributed by atoms with E-state index >= 15 is 0 Å². The van der Waals surface area contributed by atoms with Gasteiger partial charge >= 0.3 is 5.97 Å². The lowest BCUT2D eigenvalue weighted by Crippen LogP contribution is -2.15. The molecule has 2 rings (SSSR count). The van der Waals surface area contributed by atoms with Gasteiger partial charge in [-0.05, 0) is 32.4 Å². The van der Waals surface area contributed by atoms with Crippen molar-refractivity contribution in [1.82, 2.24) is 4.57 Å². The predicted octanol–water partition coefficient (Wildman–Crippen LogP) is 3.46. The van der Waals surface area contributed by atoms with E-state index in [1.165, 1.54) is 18.2 Å². The predicted molar refractivity (Wildman–Crippen MR) is 91.9 cm³/mol. The molecule has 0 unspecified atom stereocenters. The molecule has 0 fully saturated rings. The van der Waals surface area contributed by atoms with E-state index in [1.807, 2.05) is 13.8 Å². The van der Waals surface area contributed by atoms with Crippen LogP contribution in [0.15, 0.2) is 30.3 Å². The summed E-state index contributed by atoms with van der Waals surface area (Å²) >= 11 is 0. The zero-order valence-corrected chi connectivity index (χ0v) is 14.4. The van der Waals surface area contributed by atoms with Crippen molar-refractivity contribution in [3.63, 3.8) is 0 Å². The SMILES string of the molecule is CCCn1c(C)cc(C(=O)COC(=O)c2cccc([N+](=O)[O-])c2)c1C. The van der Waals surface area contributed by atoms with E-state index in [2.05, 4.69) is 11.5 Å². The number of aromatic nitrogens is 1. The van der Waals surface area contributed by atoms with Crippen LogP contribution in [0.25, 0.3) is 0 Å². The topological polar surface area (TPSA) is 91.4 Å². The van der Waals surface area contributed by atoms with Gasteiger partial charge in [0, 0.05) is 35.6 Å². The van der Waals surface area contributed by atoms with Gasteiger partial charge in [-0.1, -0.05) is 13.0 Å². The number of hydrogen-bond acceptors (Lipinski definition) is 5. The molecular weight excluding hydrogens is 324 g/mol. The van der Waals surface area contributed by atoms with Gasteiger partial charge in [0.15, 0.2) is 6.61 Å². The Morgan fingerprint density at radius 1 is 1.24 bits per heavy atom. The highest BCUT2D eigenvalue weighted by atomic mass is 16.6. The van der Waals surface area contributed by atoms with Crippen LogP contribution in [0, 0.1) is 24.0 Å². The fraction of sp³-hybridized carbons (Fsp3) is 0.333. The maximum Gasteiger partial charge on any atom is 0.338 e. The van der Waals surface area contributed by atoms with Crippen molar-refractivity contribution in [1.29, 1.82) is 0 Å². The van der Waals surface area contributed by atoms with Crippen LogP contribution in [0.5, 0.6) is 0 Å². The van der Waals surface area contributed by atoms with Crippen LogP contribution >= 0.6 is 0 Å². The number of benzene rings is 1. The van der Waals surface area contributed by atoms with Gasteiger partial charge in [0.1, 0.15) is 0 Å². The number of Topliss-reactive ketones (excluding diaryl/α,β-unsaturated/α-hetero) is 1. The maximum atomic E-state index is 12.3. The molecule has 0 saturated carbocycles. The quantitative estimate of drug-likeness (QED) is 0.332. The van der Waals surface area contributed by atoms with E-state index in [4.69, 9.17) is 4.74 Å². The molecule has 0 aliphatic heterocycles. The average Bonchev–Trinajstić information content (AvgIpc) is 2.88. The largest absolute Gasteiger partial charge is 0.454 e. The average molecular weight is 344 g/mol. The summed E-state index contributed by atoms with van der Waals surface area (Å²) in [5.74, 6) is -1.06. The second kappa shape index (κ2) is 7.74. The molecule has 0 amide bonds. The zero-order chi connectivity index (χ0) is 18.6. The van der Waals surface area contributed by atoms with Crippen molar-refractivity contribution >= 4 is 17.4 Å². The standard InChI is InChI=1S/C18H20N2O5/c1-4-8-19-12(2)9-16(13(19)3)17(21)11-25-18(22)14-6-5-7-15(10-14)20(23)24/h5-7,9-10H,4,8,11H2,1-3H3. The lowest BCUT2D eigenvalue weighted by atomic mass is 10.1. The van der Waals surface area contributed by atoms with Gasteiger partial charge in [0.25, 0.3) is 5.69 Å².